The van der Waals surface area contributed by atoms with Crippen LogP contribution in [0.4, 0.5) is 0 Å². The Morgan fingerprint density at radius 2 is 2.08 bits per heavy atom. The van der Waals surface area contributed by atoms with Crippen LogP contribution in [-0.4, -0.2) is 32.5 Å². The SMILES string of the molecule is CCOP(C)(=O)OC(C)C(=O)OC. The lowest BCUT2D eigenvalue weighted by Crippen LogP contribution is -2.21. The molecular weight excluding hydrogens is 195 g/mol. The fourth-order valence-electron chi connectivity index (χ4n) is 0.761. The molecule has 6 heteroatoms. The Labute approximate surface area is 77.9 Å². The third-order valence-electron chi connectivity index (χ3n) is 1.25. The van der Waals surface area contributed by atoms with Crippen LogP contribution in [0.15, 0.2) is 0 Å². The van der Waals surface area contributed by atoms with Gasteiger partial charge in [-0.2, -0.15) is 0 Å². The second-order valence-electron chi connectivity index (χ2n) is 2.46. The van der Waals surface area contributed by atoms with Crippen LogP contribution in [-0.2, 0) is 23.1 Å². The van der Waals surface area contributed by atoms with Gasteiger partial charge in [-0.25, -0.2) is 4.79 Å². The summed E-state index contributed by atoms with van der Waals surface area (Å²) in [6.07, 6.45) is -0.868. The Hall–Kier alpha value is -0.380. The van der Waals surface area contributed by atoms with Crippen LogP contribution in [0, 0.1) is 0 Å². The summed E-state index contributed by atoms with van der Waals surface area (Å²) in [5.74, 6) is -0.568. The molecule has 0 aromatic heterocycles. The molecule has 5 nitrogen and oxygen atoms in total. The Kier molecular flexibility index (Phi) is 5.21. The van der Waals surface area contributed by atoms with Gasteiger partial charge in [-0.1, -0.05) is 0 Å². The lowest BCUT2D eigenvalue weighted by atomic mass is 10.4. The van der Waals surface area contributed by atoms with E-state index in [0.29, 0.717) is 0 Å². The molecule has 0 aliphatic heterocycles. The van der Waals surface area contributed by atoms with Gasteiger partial charge < -0.3 is 9.26 Å². The molecule has 0 bridgehead atoms. The van der Waals surface area contributed by atoms with Gasteiger partial charge in [0.2, 0.25) is 0 Å². The molecule has 0 radical (unpaired) electrons. The highest BCUT2D eigenvalue weighted by atomic mass is 31.2. The molecule has 0 aliphatic rings. The molecular formula is C7H15O5P. The van der Waals surface area contributed by atoms with E-state index in [-0.39, 0.29) is 6.61 Å². The van der Waals surface area contributed by atoms with Crippen LogP contribution in [0.1, 0.15) is 13.8 Å². The summed E-state index contributed by atoms with van der Waals surface area (Å²) in [5.41, 5.74) is 0. The van der Waals surface area contributed by atoms with E-state index in [0.717, 1.165) is 0 Å². The first-order valence-electron chi connectivity index (χ1n) is 3.91. The van der Waals surface area contributed by atoms with Crippen molar-refractivity contribution in [2.45, 2.75) is 20.0 Å². The molecule has 0 amide bonds. The van der Waals surface area contributed by atoms with Crippen LogP contribution >= 0.6 is 7.60 Å². The topological polar surface area (TPSA) is 61.8 Å². The Morgan fingerprint density at radius 3 is 2.46 bits per heavy atom. The van der Waals surface area contributed by atoms with E-state index in [9.17, 15) is 9.36 Å². The van der Waals surface area contributed by atoms with Gasteiger partial charge in [0.25, 0.3) is 0 Å². The zero-order valence-corrected chi connectivity index (χ0v) is 9.17. The van der Waals surface area contributed by atoms with Gasteiger partial charge in [-0.3, -0.25) is 9.09 Å². The van der Waals surface area contributed by atoms with Crippen molar-refractivity contribution >= 4 is 13.6 Å². The summed E-state index contributed by atoms with van der Waals surface area (Å²) in [6.45, 7) is 4.75. The van der Waals surface area contributed by atoms with Crippen molar-refractivity contribution in [2.75, 3.05) is 20.4 Å². The number of methoxy groups -OCH3 is 1. The molecule has 0 rings (SSSR count). The minimum Gasteiger partial charge on any atom is -0.467 e. The van der Waals surface area contributed by atoms with Gasteiger partial charge in [0.1, 0.15) is 0 Å². The number of ether oxygens (including phenoxy) is 1. The van der Waals surface area contributed by atoms with Crippen molar-refractivity contribution in [1.29, 1.82) is 0 Å². The monoisotopic (exact) mass is 210 g/mol. The Bertz CT molecular complexity index is 215. The van der Waals surface area contributed by atoms with E-state index in [4.69, 9.17) is 9.05 Å². The number of carbonyl (C=O) groups is 1. The molecule has 0 heterocycles. The van der Waals surface area contributed by atoms with E-state index in [1.807, 2.05) is 0 Å². The van der Waals surface area contributed by atoms with E-state index >= 15 is 0 Å². The molecule has 2 unspecified atom stereocenters. The van der Waals surface area contributed by atoms with Gasteiger partial charge in [0.05, 0.1) is 13.7 Å². The highest BCUT2D eigenvalue weighted by Crippen LogP contribution is 2.44. The van der Waals surface area contributed by atoms with E-state index in [1.54, 1.807) is 6.92 Å². The van der Waals surface area contributed by atoms with Crippen LogP contribution in [0.3, 0.4) is 0 Å². The predicted molar refractivity (Wildman–Crippen MR) is 47.7 cm³/mol. The van der Waals surface area contributed by atoms with E-state index in [1.165, 1.54) is 20.7 Å². The Morgan fingerprint density at radius 1 is 1.54 bits per heavy atom. The highest BCUT2D eigenvalue weighted by Gasteiger charge is 2.24. The molecule has 0 aliphatic carbocycles. The lowest BCUT2D eigenvalue weighted by Gasteiger charge is -2.16. The maximum absolute atomic E-state index is 11.4. The standard InChI is InChI=1S/C7H15O5P/c1-5-11-13(4,9)12-6(2)7(8)10-3/h6H,5H2,1-4H3. The van der Waals surface area contributed by atoms with Gasteiger partial charge >= 0.3 is 13.6 Å². The van der Waals surface area contributed by atoms with Crippen molar-refractivity contribution in [3.63, 3.8) is 0 Å². The summed E-state index contributed by atoms with van der Waals surface area (Å²) < 4.78 is 25.5. The molecule has 78 valence electrons. The molecule has 0 spiro atoms. The second kappa shape index (κ2) is 5.37. The van der Waals surface area contributed by atoms with Crippen molar-refractivity contribution in [2.24, 2.45) is 0 Å². The molecule has 2 atom stereocenters. The number of hydrogen-bond acceptors (Lipinski definition) is 5. The normalized spacial score (nSPS) is 17.5. The maximum Gasteiger partial charge on any atom is 0.335 e. The predicted octanol–water partition coefficient (Wildman–Crippen LogP) is 1.42. The summed E-state index contributed by atoms with van der Waals surface area (Å²) >= 11 is 0. The lowest BCUT2D eigenvalue weighted by molar-refractivity contribution is -0.148. The van der Waals surface area contributed by atoms with Crippen LogP contribution in [0.25, 0.3) is 0 Å². The zero-order valence-electron chi connectivity index (χ0n) is 8.27. The molecule has 13 heavy (non-hydrogen) atoms. The largest absolute Gasteiger partial charge is 0.467 e. The molecule has 0 saturated carbocycles. The van der Waals surface area contributed by atoms with Crippen molar-refractivity contribution in [1.82, 2.24) is 0 Å². The third kappa shape index (κ3) is 5.03. The van der Waals surface area contributed by atoms with E-state index in [2.05, 4.69) is 4.74 Å². The second-order valence-corrected chi connectivity index (χ2v) is 4.47. The quantitative estimate of drug-likeness (QED) is 0.507. The van der Waals surface area contributed by atoms with Crippen molar-refractivity contribution in [3.8, 4) is 0 Å². The molecule has 0 N–H and O–H groups in total. The molecule has 0 aromatic carbocycles. The van der Waals surface area contributed by atoms with Crippen LogP contribution in [0.2, 0.25) is 0 Å². The zero-order chi connectivity index (χ0) is 10.5. The third-order valence-corrected chi connectivity index (χ3v) is 2.67. The number of esters is 1. The van der Waals surface area contributed by atoms with Gasteiger partial charge in [0, 0.05) is 6.66 Å². The average Bonchev–Trinajstić information content (AvgIpc) is 2.01. The minimum absolute atomic E-state index is 0.279. The minimum atomic E-state index is -3.12. The summed E-state index contributed by atoms with van der Waals surface area (Å²) in [5, 5.41) is 0. The van der Waals surface area contributed by atoms with Crippen LogP contribution < -0.4 is 0 Å². The first-order valence-corrected chi connectivity index (χ1v) is 5.90. The fraction of sp³-hybridized carbons (Fsp3) is 0.857. The summed E-state index contributed by atoms with van der Waals surface area (Å²) in [6, 6.07) is 0. The molecule has 0 aromatic rings. The van der Waals surface area contributed by atoms with Crippen molar-refractivity contribution in [3.05, 3.63) is 0 Å². The average molecular weight is 210 g/mol. The first-order chi connectivity index (χ1) is 5.93. The van der Waals surface area contributed by atoms with Gasteiger partial charge in [-0.05, 0) is 13.8 Å². The smallest absolute Gasteiger partial charge is 0.335 e. The van der Waals surface area contributed by atoms with Gasteiger partial charge in [-0.15, -0.1) is 0 Å². The van der Waals surface area contributed by atoms with Crippen molar-refractivity contribution < 1.29 is 23.1 Å². The molecule has 0 fully saturated rings. The summed E-state index contributed by atoms with van der Waals surface area (Å²) in [7, 11) is -1.88. The number of rotatable bonds is 5. The van der Waals surface area contributed by atoms with E-state index < -0.39 is 19.7 Å². The number of carbonyl (C=O) groups excluding carboxylic acids is 1. The highest BCUT2D eigenvalue weighted by molar-refractivity contribution is 7.53. The molecule has 0 saturated heterocycles. The van der Waals surface area contributed by atoms with Crippen LogP contribution in [0.5, 0.6) is 0 Å². The number of hydrogen-bond donors (Lipinski definition) is 0. The first kappa shape index (κ1) is 12.6. The summed E-state index contributed by atoms with van der Waals surface area (Å²) in [4.78, 5) is 10.9. The van der Waals surface area contributed by atoms with Gasteiger partial charge in [0.15, 0.2) is 6.10 Å². The Balaban J connectivity index is 4.11. The fourth-order valence-corrected chi connectivity index (χ4v) is 1.95. The maximum atomic E-state index is 11.4.